The average Bonchev–Trinajstić information content (AvgIpc) is 3.21. The number of aryl methyl sites for hydroxylation is 3. The number of rotatable bonds is 5. The smallest absolute Gasteiger partial charge is 0.300 e. The lowest BCUT2D eigenvalue weighted by atomic mass is 10.0. The van der Waals surface area contributed by atoms with Crippen molar-refractivity contribution in [2.75, 3.05) is 5.32 Å². The van der Waals surface area contributed by atoms with E-state index in [9.17, 15) is 14.4 Å². The van der Waals surface area contributed by atoms with Crippen LogP contribution in [0.15, 0.2) is 45.4 Å². The number of thiazole rings is 1. The molecule has 0 aliphatic rings. The molecule has 0 radical (unpaired) electrons. The first kappa shape index (κ1) is 18.8. The van der Waals surface area contributed by atoms with Crippen molar-refractivity contribution < 1.29 is 4.79 Å². The molecule has 1 amide bonds. The molecule has 0 spiro atoms. The molecular formula is C19H18N6O3S. The van der Waals surface area contributed by atoms with Crippen molar-refractivity contribution in [2.24, 2.45) is 0 Å². The number of aromatic nitrogens is 5. The fourth-order valence-electron chi connectivity index (χ4n) is 3.05. The van der Waals surface area contributed by atoms with Gasteiger partial charge in [0.25, 0.3) is 5.56 Å². The lowest BCUT2D eigenvalue weighted by Gasteiger charge is -2.05. The molecule has 0 bridgehead atoms. The van der Waals surface area contributed by atoms with Gasteiger partial charge in [-0.25, -0.2) is 9.31 Å². The molecule has 0 aliphatic heterocycles. The summed E-state index contributed by atoms with van der Waals surface area (Å²) in [7, 11) is 0. The predicted molar refractivity (Wildman–Crippen MR) is 110 cm³/mol. The van der Waals surface area contributed by atoms with Crippen molar-refractivity contribution in [3.8, 4) is 11.3 Å². The SMILES string of the molecule is Cc1ccc(-c2csc3nc(NC(=O)CCn4ccc(=O)[nH]c4=O)nn23)c(C)c1. The summed E-state index contributed by atoms with van der Waals surface area (Å²) in [4.78, 5) is 42.1. The highest BCUT2D eigenvalue weighted by Gasteiger charge is 2.14. The van der Waals surface area contributed by atoms with Gasteiger partial charge in [-0.15, -0.1) is 16.4 Å². The summed E-state index contributed by atoms with van der Waals surface area (Å²) < 4.78 is 2.98. The topological polar surface area (TPSA) is 114 Å². The summed E-state index contributed by atoms with van der Waals surface area (Å²) in [5.74, 6) is -0.115. The van der Waals surface area contributed by atoms with Gasteiger partial charge in [0.15, 0.2) is 0 Å². The van der Waals surface area contributed by atoms with Crippen LogP contribution in [0.1, 0.15) is 17.5 Å². The van der Waals surface area contributed by atoms with E-state index in [1.165, 1.54) is 33.7 Å². The van der Waals surface area contributed by atoms with Gasteiger partial charge in [-0.1, -0.05) is 23.8 Å². The number of anilines is 1. The van der Waals surface area contributed by atoms with Gasteiger partial charge in [-0.3, -0.25) is 19.9 Å². The summed E-state index contributed by atoms with van der Waals surface area (Å²) in [5, 5.41) is 9.05. The second-order valence-electron chi connectivity index (χ2n) is 6.67. The van der Waals surface area contributed by atoms with E-state index in [1.807, 2.05) is 31.4 Å². The number of benzene rings is 1. The van der Waals surface area contributed by atoms with E-state index in [1.54, 1.807) is 4.52 Å². The molecule has 2 N–H and O–H groups in total. The highest BCUT2D eigenvalue weighted by Crippen LogP contribution is 2.28. The molecule has 0 aliphatic carbocycles. The second kappa shape index (κ2) is 7.47. The predicted octanol–water partition coefficient (Wildman–Crippen LogP) is 1.95. The number of amides is 1. The first-order valence-electron chi connectivity index (χ1n) is 8.92. The Bertz CT molecular complexity index is 1330. The van der Waals surface area contributed by atoms with Crippen molar-refractivity contribution >= 4 is 28.2 Å². The molecule has 0 atom stereocenters. The van der Waals surface area contributed by atoms with Crippen LogP contribution < -0.4 is 16.6 Å². The van der Waals surface area contributed by atoms with Crippen LogP contribution in [-0.4, -0.2) is 30.1 Å². The minimum atomic E-state index is -0.552. The molecule has 0 fully saturated rings. The van der Waals surface area contributed by atoms with E-state index >= 15 is 0 Å². The van der Waals surface area contributed by atoms with Crippen LogP contribution in [-0.2, 0) is 11.3 Å². The summed E-state index contributed by atoms with van der Waals surface area (Å²) >= 11 is 1.44. The molecule has 4 aromatic rings. The molecule has 29 heavy (non-hydrogen) atoms. The van der Waals surface area contributed by atoms with Crippen molar-refractivity contribution in [3.05, 3.63) is 67.8 Å². The maximum Gasteiger partial charge on any atom is 0.328 e. The maximum atomic E-state index is 12.2. The first-order valence-corrected chi connectivity index (χ1v) is 9.80. The third kappa shape index (κ3) is 3.87. The lowest BCUT2D eigenvalue weighted by molar-refractivity contribution is -0.116. The third-order valence-corrected chi connectivity index (χ3v) is 5.28. The zero-order valence-electron chi connectivity index (χ0n) is 15.8. The van der Waals surface area contributed by atoms with Crippen LogP contribution in [0.5, 0.6) is 0 Å². The molecule has 0 unspecified atom stereocenters. The molecule has 0 saturated heterocycles. The summed E-state index contributed by atoms with van der Waals surface area (Å²) in [5.41, 5.74) is 3.27. The Labute approximate surface area is 168 Å². The first-order chi connectivity index (χ1) is 13.9. The van der Waals surface area contributed by atoms with Gasteiger partial charge in [-0.05, 0) is 19.4 Å². The zero-order chi connectivity index (χ0) is 20.5. The van der Waals surface area contributed by atoms with E-state index in [0.717, 1.165) is 16.8 Å². The number of hydrogen-bond donors (Lipinski definition) is 2. The molecule has 3 heterocycles. The number of carbonyl (C=O) groups is 1. The van der Waals surface area contributed by atoms with Crippen LogP contribution in [0.2, 0.25) is 0 Å². The summed E-state index contributed by atoms with van der Waals surface area (Å²) in [6.07, 6.45) is 1.40. The quantitative estimate of drug-likeness (QED) is 0.522. The second-order valence-corrected chi connectivity index (χ2v) is 7.51. The monoisotopic (exact) mass is 410 g/mol. The van der Waals surface area contributed by atoms with Crippen molar-refractivity contribution in [2.45, 2.75) is 26.8 Å². The third-order valence-electron chi connectivity index (χ3n) is 4.47. The van der Waals surface area contributed by atoms with E-state index in [2.05, 4.69) is 26.4 Å². The Hall–Kier alpha value is -3.53. The Morgan fingerprint density at radius 1 is 1.24 bits per heavy atom. The van der Waals surface area contributed by atoms with Gasteiger partial charge in [0.1, 0.15) is 0 Å². The van der Waals surface area contributed by atoms with Crippen molar-refractivity contribution in [1.29, 1.82) is 0 Å². The van der Waals surface area contributed by atoms with E-state index in [0.29, 0.717) is 4.96 Å². The fourth-order valence-corrected chi connectivity index (χ4v) is 3.87. The summed E-state index contributed by atoms with van der Waals surface area (Å²) in [6.45, 7) is 4.23. The lowest BCUT2D eigenvalue weighted by Crippen LogP contribution is -2.29. The van der Waals surface area contributed by atoms with Crippen LogP contribution in [0, 0.1) is 13.8 Å². The number of carbonyl (C=O) groups excluding carboxylic acids is 1. The number of H-pyrrole nitrogens is 1. The molecule has 1 aromatic carbocycles. The number of hydrogen-bond acceptors (Lipinski definition) is 6. The van der Waals surface area contributed by atoms with E-state index in [-0.39, 0.29) is 24.8 Å². The standard InChI is InChI=1S/C19H18N6O3S/c1-11-3-4-13(12(2)9-11)14-10-29-19-22-17(23-25(14)19)20-15(26)5-7-24-8-6-16(27)21-18(24)28/h3-4,6,8-10H,5,7H2,1-2H3,(H,20,23,26)(H,21,27,28). The van der Waals surface area contributed by atoms with Crippen LogP contribution >= 0.6 is 11.3 Å². The van der Waals surface area contributed by atoms with Gasteiger partial charge >= 0.3 is 5.69 Å². The number of fused-ring (bicyclic) bond motifs is 1. The number of nitrogens with zero attached hydrogens (tertiary/aromatic N) is 4. The summed E-state index contributed by atoms with van der Waals surface area (Å²) in [6, 6.07) is 7.44. The highest BCUT2D eigenvalue weighted by molar-refractivity contribution is 7.15. The van der Waals surface area contributed by atoms with Gasteiger partial charge < -0.3 is 4.57 Å². The Balaban J connectivity index is 1.50. The number of aromatic amines is 1. The average molecular weight is 410 g/mol. The fraction of sp³-hybridized carbons (Fsp3) is 0.211. The molecule has 4 rings (SSSR count). The van der Waals surface area contributed by atoms with Crippen LogP contribution in [0.3, 0.4) is 0 Å². The normalized spacial score (nSPS) is 11.1. The van der Waals surface area contributed by atoms with Crippen molar-refractivity contribution in [1.82, 2.24) is 24.1 Å². The molecule has 0 saturated carbocycles. The van der Waals surface area contributed by atoms with E-state index < -0.39 is 11.2 Å². The Kier molecular flexibility index (Phi) is 4.85. The van der Waals surface area contributed by atoms with E-state index in [4.69, 9.17) is 0 Å². The number of nitrogens with one attached hydrogen (secondary N) is 2. The van der Waals surface area contributed by atoms with Gasteiger partial charge in [0.2, 0.25) is 16.8 Å². The van der Waals surface area contributed by atoms with Gasteiger partial charge in [-0.2, -0.15) is 4.98 Å². The Morgan fingerprint density at radius 2 is 2.07 bits per heavy atom. The highest BCUT2D eigenvalue weighted by atomic mass is 32.1. The molecule has 148 valence electrons. The van der Waals surface area contributed by atoms with Gasteiger partial charge in [0, 0.05) is 36.2 Å². The Morgan fingerprint density at radius 3 is 2.83 bits per heavy atom. The maximum absolute atomic E-state index is 12.2. The molecule has 3 aromatic heterocycles. The van der Waals surface area contributed by atoms with Crippen LogP contribution in [0.4, 0.5) is 5.95 Å². The molecule has 10 heteroatoms. The largest absolute Gasteiger partial charge is 0.328 e. The minimum Gasteiger partial charge on any atom is -0.300 e. The molecular weight excluding hydrogens is 392 g/mol. The molecule has 9 nitrogen and oxygen atoms in total. The van der Waals surface area contributed by atoms with Crippen molar-refractivity contribution in [3.63, 3.8) is 0 Å². The zero-order valence-corrected chi connectivity index (χ0v) is 16.6. The van der Waals surface area contributed by atoms with Gasteiger partial charge in [0.05, 0.1) is 5.69 Å². The minimum absolute atomic E-state index is 0.0444. The van der Waals surface area contributed by atoms with Crippen LogP contribution in [0.25, 0.3) is 16.2 Å².